The molecule has 1 heterocycles. The zero-order valence-electron chi connectivity index (χ0n) is 17.6. The summed E-state index contributed by atoms with van der Waals surface area (Å²) < 4.78 is 6.34. The Hall–Kier alpha value is -3.69. The Labute approximate surface area is 195 Å². The van der Waals surface area contributed by atoms with E-state index in [9.17, 15) is 19.5 Å². The molecule has 0 bridgehead atoms. The molecule has 0 saturated heterocycles. The summed E-state index contributed by atoms with van der Waals surface area (Å²) in [5.74, 6) is -0.349. The number of benzene rings is 2. The molecular weight excluding hydrogens is 448 g/mol. The molecule has 0 aliphatic rings. The number of alkyl carbamates (subject to hydrolysis) is 1. The number of amides is 2. The van der Waals surface area contributed by atoms with Gasteiger partial charge in [0.05, 0.1) is 19.3 Å². The number of aliphatic hydroxyl groups excluding tert-OH is 1. The monoisotopic (exact) mass is 470 g/mol. The third kappa shape index (κ3) is 7.74. The van der Waals surface area contributed by atoms with Crippen molar-refractivity contribution >= 4 is 29.3 Å². The fraction of sp³-hybridized carbons (Fsp3) is 0.217. The van der Waals surface area contributed by atoms with E-state index in [1.165, 1.54) is 17.0 Å². The average Bonchev–Trinajstić information content (AvgIpc) is 2.80. The first-order chi connectivity index (χ1) is 15.9. The van der Waals surface area contributed by atoms with Gasteiger partial charge in [0.2, 0.25) is 5.91 Å². The molecule has 0 aliphatic heterocycles. The number of carbonyl (C=O) groups excluding carboxylic acids is 2. The Morgan fingerprint density at radius 1 is 1.15 bits per heavy atom. The fourth-order valence-corrected chi connectivity index (χ4v) is 3.14. The number of hydrogen-bond acceptors (Lipinski definition) is 6. The lowest BCUT2D eigenvalue weighted by Gasteiger charge is -2.13. The molecule has 2 aromatic carbocycles. The summed E-state index contributed by atoms with van der Waals surface area (Å²) in [5, 5.41) is 15.8. The van der Waals surface area contributed by atoms with Crippen molar-refractivity contribution in [2.45, 2.75) is 19.1 Å². The molecule has 2 amide bonds. The number of aromatic nitrogens is 2. The van der Waals surface area contributed by atoms with E-state index in [2.05, 4.69) is 15.6 Å². The van der Waals surface area contributed by atoms with Gasteiger partial charge in [-0.2, -0.15) is 0 Å². The summed E-state index contributed by atoms with van der Waals surface area (Å²) in [6.45, 7) is 0.0108. The van der Waals surface area contributed by atoms with Crippen LogP contribution in [-0.2, 0) is 22.5 Å². The van der Waals surface area contributed by atoms with Crippen LogP contribution < -0.4 is 16.3 Å². The highest BCUT2D eigenvalue weighted by Crippen LogP contribution is 2.17. The standard InChI is InChI=1S/C23H23ClN4O5/c24-18-4-1-3-17(13-18)20(29)14-26-23(32)33-12-9-16-5-7-19(8-6-16)27-21(30)15-28-11-2-10-25-22(28)31/h1-8,10-11,13,20,29H,9,12,14-15H2,(H,26,32)(H,27,30)/t20-/m0/s1. The van der Waals surface area contributed by atoms with E-state index in [4.69, 9.17) is 16.3 Å². The lowest BCUT2D eigenvalue weighted by atomic mass is 10.1. The second kappa shape index (κ2) is 11.8. The summed E-state index contributed by atoms with van der Waals surface area (Å²) in [6, 6.07) is 15.4. The van der Waals surface area contributed by atoms with Crippen molar-refractivity contribution in [3.8, 4) is 0 Å². The number of nitrogens with one attached hydrogen (secondary N) is 2. The molecule has 0 unspecified atom stereocenters. The van der Waals surface area contributed by atoms with E-state index >= 15 is 0 Å². The predicted molar refractivity (Wildman–Crippen MR) is 123 cm³/mol. The van der Waals surface area contributed by atoms with Crippen molar-refractivity contribution in [3.63, 3.8) is 0 Å². The number of rotatable bonds is 9. The van der Waals surface area contributed by atoms with Crippen LogP contribution in [0, 0.1) is 0 Å². The van der Waals surface area contributed by atoms with E-state index in [-0.39, 0.29) is 25.6 Å². The van der Waals surface area contributed by atoms with Gasteiger partial charge < -0.3 is 20.5 Å². The Morgan fingerprint density at radius 2 is 1.94 bits per heavy atom. The van der Waals surface area contributed by atoms with Crippen LogP contribution >= 0.6 is 11.6 Å². The maximum absolute atomic E-state index is 12.1. The van der Waals surface area contributed by atoms with Crippen molar-refractivity contribution in [3.05, 3.63) is 93.6 Å². The Morgan fingerprint density at radius 3 is 2.67 bits per heavy atom. The van der Waals surface area contributed by atoms with Gasteiger partial charge in [-0.25, -0.2) is 14.6 Å². The molecule has 0 aliphatic carbocycles. The number of nitrogens with zero attached hydrogens (tertiary/aromatic N) is 2. The molecule has 0 radical (unpaired) electrons. The Balaban J connectivity index is 1.37. The summed E-state index contributed by atoms with van der Waals surface area (Å²) in [7, 11) is 0. The maximum Gasteiger partial charge on any atom is 0.407 e. The molecular formula is C23H23ClN4O5. The SMILES string of the molecule is O=C(Cn1cccnc1=O)Nc1ccc(CCOC(=O)NC[C@H](O)c2cccc(Cl)c2)cc1. The fourth-order valence-electron chi connectivity index (χ4n) is 2.94. The van der Waals surface area contributed by atoms with Gasteiger partial charge in [-0.1, -0.05) is 35.9 Å². The highest BCUT2D eigenvalue weighted by atomic mass is 35.5. The molecule has 3 N–H and O–H groups in total. The quantitative estimate of drug-likeness (QED) is 0.441. The van der Waals surface area contributed by atoms with E-state index in [1.54, 1.807) is 54.6 Å². The van der Waals surface area contributed by atoms with Crippen molar-refractivity contribution in [2.24, 2.45) is 0 Å². The molecule has 33 heavy (non-hydrogen) atoms. The van der Waals surface area contributed by atoms with Crippen LogP contribution in [0.15, 0.2) is 71.8 Å². The summed E-state index contributed by atoms with van der Waals surface area (Å²) in [6.07, 6.45) is 1.81. The molecule has 3 aromatic rings. The van der Waals surface area contributed by atoms with Gasteiger partial charge in [-0.15, -0.1) is 0 Å². The first kappa shape index (κ1) is 24.0. The van der Waals surface area contributed by atoms with Crippen LogP contribution in [0.3, 0.4) is 0 Å². The van der Waals surface area contributed by atoms with Crippen LogP contribution in [0.4, 0.5) is 10.5 Å². The van der Waals surface area contributed by atoms with Gasteiger partial charge in [0.1, 0.15) is 6.54 Å². The lowest BCUT2D eigenvalue weighted by molar-refractivity contribution is -0.116. The van der Waals surface area contributed by atoms with Gasteiger partial charge in [-0.05, 0) is 41.5 Å². The van der Waals surface area contributed by atoms with Crippen molar-refractivity contribution in [1.29, 1.82) is 0 Å². The topological polar surface area (TPSA) is 123 Å². The minimum atomic E-state index is -0.893. The molecule has 1 atom stereocenters. The molecule has 0 fully saturated rings. The summed E-state index contributed by atoms with van der Waals surface area (Å²) >= 11 is 5.89. The van der Waals surface area contributed by atoms with Gasteiger partial charge in [0.25, 0.3) is 0 Å². The second-order valence-electron chi connectivity index (χ2n) is 7.11. The smallest absolute Gasteiger partial charge is 0.407 e. The van der Waals surface area contributed by atoms with Gasteiger partial charge in [-0.3, -0.25) is 9.36 Å². The zero-order valence-corrected chi connectivity index (χ0v) is 18.4. The number of hydrogen-bond donors (Lipinski definition) is 3. The third-order valence-corrected chi connectivity index (χ3v) is 4.87. The highest BCUT2D eigenvalue weighted by molar-refractivity contribution is 6.30. The van der Waals surface area contributed by atoms with Crippen LogP contribution in [0.1, 0.15) is 17.2 Å². The minimum absolute atomic E-state index is 0.00125. The number of ether oxygens (including phenoxy) is 1. The molecule has 1 aromatic heterocycles. The van der Waals surface area contributed by atoms with Crippen molar-refractivity contribution in [1.82, 2.24) is 14.9 Å². The molecule has 0 saturated carbocycles. The molecule has 10 heteroatoms. The first-order valence-corrected chi connectivity index (χ1v) is 10.5. The Kier molecular flexibility index (Phi) is 8.56. The number of carbonyl (C=O) groups is 2. The van der Waals surface area contributed by atoms with Crippen molar-refractivity contribution < 1.29 is 19.4 Å². The van der Waals surface area contributed by atoms with Crippen LogP contribution in [0.25, 0.3) is 0 Å². The first-order valence-electron chi connectivity index (χ1n) is 10.1. The summed E-state index contributed by atoms with van der Waals surface area (Å²) in [4.78, 5) is 39.1. The Bertz CT molecular complexity index is 1150. The normalized spacial score (nSPS) is 11.5. The van der Waals surface area contributed by atoms with E-state index in [1.807, 2.05) is 0 Å². The van der Waals surface area contributed by atoms with Crippen LogP contribution in [0.2, 0.25) is 5.02 Å². The number of halogens is 1. The second-order valence-corrected chi connectivity index (χ2v) is 7.55. The predicted octanol–water partition coefficient (Wildman–Crippen LogP) is 2.54. The van der Waals surface area contributed by atoms with E-state index < -0.39 is 17.9 Å². The van der Waals surface area contributed by atoms with Crippen LogP contribution in [-0.4, -0.2) is 39.8 Å². The summed E-state index contributed by atoms with van der Waals surface area (Å²) in [5.41, 5.74) is 1.59. The maximum atomic E-state index is 12.1. The molecule has 172 valence electrons. The highest BCUT2D eigenvalue weighted by Gasteiger charge is 2.11. The zero-order chi connectivity index (χ0) is 23.6. The molecule has 3 rings (SSSR count). The van der Waals surface area contributed by atoms with Gasteiger partial charge in [0, 0.05) is 29.5 Å². The molecule has 9 nitrogen and oxygen atoms in total. The van der Waals surface area contributed by atoms with Crippen molar-refractivity contribution in [2.75, 3.05) is 18.5 Å². The third-order valence-electron chi connectivity index (χ3n) is 4.63. The van der Waals surface area contributed by atoms with Gasteiger partial charge >= 0.3 is 11.8 Å². The number of anilines is 1. The number of aliphatic hydroxyl groups is 1. The van der Waals surface area contributed by atoms with E-state index in [0.717, 1.165) is 5.56 Å². The molecule has 0 spiro atoms. The van der Waals surface area contributed by atoms with E-state index in [0.29, 0.717) is 22.7 Å². The minimum Gasteiger partial charge on any atom is -0.449 e. The lowest BCUT2D eigenvalue weighted by Crippen LogP contribution is -2.29. The van der Waals surface area contributed by atoms with Gasteiger partial charge in [0.15, 0.2) is 0 Å². The average molecular weight is 471 g/mol. The van der Waals surface area contributed by atoms with Crippen LogP contribution in [0.5, 0.6) is 0 Å². The largest absolute Gasteiger partial charge is 0.449 e.